The molecule has 0 aliphatic carbocycles. The van der Waals surface area contributed by atoms with Gasteiger partial charge in [0.2, 0.25) is 11.8 Å². The third kappa shape index (κ3) is 5.23. The normalized spacial score (nSPS) is 14.4. The lowest BCUT2D eigenvalue weighted by Crippen LogP contribution is -2.51. The van der Waals surface area contributed by atoms with Gasteiger partial charge in [0.1, 0.15) is 0 Å². The van der Waals surface area contributed by atoms with Crippen molar-refractivity contribution >= 4 is 29.4 Å². The summed E-state index contributed by atoms with van der Waals surface area (Å²) in [6.45, 7) is 2.01. The number of ether oxygens (including phenoxy) is 1. The lowest BCUT2D eigenvalue weighted by molar-refractivity contribution is -0.144. The molecule has 1 heterocycles. The van der Waals surface area contributed by atoms with Crippen LogP contribution in [0.2, 0.25) is 5.02 Å². The summed E-state index contributed by atoms with van der Waals surface area (Å²) in [5.74, 6) is -0.427. The summed E-state index contributed by atoms with van der Waals surface area (Å²) in [5, 5.41) is 0.644. The lowest BCUT2D eigenvalue weighted by atomic mass is 10.1. The Morgan fingerprint density at radius 3 is 2.04 bits per heavy atom. The van der Waals surface area contributed by atoms with E-state index in [1.807, 2.05) is 12.1 Å². The molecule has 24 heavy (non-hydrogen) atoms. The summed E-state index contributed by atoms with van der Waals surface area (Å²) >= 11 is 5.84. The Kier molecular flexibility index (Phi) is 6.61. The predicted molar refractivity (Wildman–Crippen MR) is 89.6 cm³/mol. The minimum absolute atomic E-state index is 0.0407. The van der Waals surface area contributed by atoms with E-state index in [1.165, 1.54) is 7.11 Å². The highest BCUT2D eigenvalue weighted by Gasteiger charge is 2.24. The number of hydrogen-bond donors (Lipinski definition) is 0. The van der Waals surface area contributed by atoms with Crippen molar-refractivity contribution in [1.29, 1.82) is 0 Å². The summed E-state index contributed by atoms with van der Waals surface area (Å²) in [6.07, 6.45) is 0.559. The topological polar surface area (TPSA) is 66.9 Å². The SMILES string of the molecule is COC(=O)CCC(=O)N1CCN(C(=O)Cc2ccc(Cl)cc2)CC1. The van der Waals surface area contributed by atoms with Crippen molar-refractivity contribution in [3.05, 3.63) is 34.9 Å². The first-order valence-corrected chi connectivity index (χ1v) is 8.24. The van der Waals surface area contributed by atoms with E-state index in [9.17, 15) is 14.4 Å². The molecule has 1 fully saturated rings. The molecule has 0 bridgehead atoms. The van der Waals surface area contributed by atoms with Gasteiger partial charge < -0.3 is 14.5 Å². The molecule has 1 aromatic rings. The minimum atomic E-state index is -0.389. The number of hydrogen-bond acceptors (Lipinski definition) is 4. The fraction of sp³-hybridized carbons (Fsp3) is 0.471. The summed E-state index contributed by atoms with van der Waals surface area (Å²) < 4.78 is 4.53. The highest BCUT2D eigenvalue weighted by molar-refractivity contribution is 6.30. The first kappa shape index (κ1) is 18.3. The summed E-state index contributed by atoms with van der Waals surface area (Å²) in [4.78, 5) is 38.9. The maximum Gasteiger partial charge on any atom is 0.306 e. The number of rotatable bonds is 5. The zero-order valence-corrected chi connectivity index (χ0v) is 14.4. The molecule has 1 saturated heterocycles. The number of nitrogens with zero attached hydrogens (tertiary/aromatic N) is 2. The molecule has 6 nitrogen and oxygen atoms in total. The first-order chi connectivity index (χ1) is 11.5. The molecule has 0 unspecified atom stereocenters. The van der Waals surface area contributed by atoms with Gasteiger partial charge in [0, 0.05) is 37.6 Å². The van der Waals surface area contributed by atoms with Crippen molar-refractivity contribution in [2.45, 2.75) is 19.3 Å². The van der Waals surface area contributed by atoms with Crippen LogP contribution in [0.1, 0.15) is 18.4 Å². The molecule has 7 heteroatoms. The average molecular weight is 353 g/mol. The molecule has 0 saturated carbocycles. The van der Waals surface area contributed by atoms with Crippen LogP contribution in [0.25, 0.3) is 0 Å². The smallest absolute Gasteiger partial charge is 0.306 e. The van der Waals surface area contributed by atoms with E-state index in [0.717, 1.165) is 5.56 Å². The van der Waals surface area contributed by atoms with Crippen LogP contribution in [0, 0.1) is 0 Å². The van der Waals surface area contributed by atoms with Gasteiger partial charge in [-0.1, -0.05) is 23.7 Å². The lowest BCUT2D eigenvalue weighted by Gasteiger charge is -2.35. The van der Waals surface area contributed by atoms with Gasteiger partial charge in [0.05, 0.1) is 20.0 Å². The molecule has 0 spiro atoms. The molecule has 130 valence electrons. The van der Waals surface area contributed by atoms with Gasteiger partial charge >= 0.3 is 5.97 Å². The van der Waals surface area contributed by atoms with Crippen LogP contribution < -0.4 is 0 Å². The quantitative estimate of drug-likeness (QED) is 0.753. The molecule has 2 rings (SSSR count). The van der Waals surface area contributed by atoms with E-state index in [4.69, 9.17) is 11.6 Å². The highest BCUT2D eigenvalue weighted by atomic mass is 35.5. The van der Waals surface area contributed by atoms with Crippen LogP contribution >= 0.6 is 11.6 Å². The Bertz CT molecular complexity index is 595. The van der Waals surface area contributed by atoms with Gasteiger partial charge in [0.15, 0.2) is 0 Å². The van der Waals surface area contributed by atoms with Crippen molar-refractivity contribution < 1.29 is 19.1 Å². The molecule has 0 aromatic heterocycles. The molecule has 0 atom stereocenters. The number of halogens is 1. The second kappa shape index (κ2) is 8.68. The monoisotopic (exact) mass is 352 g/mol. The van der Waals surface area contributed by atoms with Crippen molar-refractivity contribution in [1.82, 2.24) is 9.80 Å². The van der Waals surface area contributed by atoms with E-state index < -0.39 is 0 Å². The zero-order valence-electron chi connectivity index (χ0n) is 13.7. The standard InChI is InChI=1S/C17H21ClN2O4/c1-24-17(23)7-6-15(21)19-8-10-20(11-9-19)16(22)12-13-2-4-14(18)5-3-13/h2-5H,6-12H2,1H3. The third-order valence-corrected chi connectivity index (χ3v) is 4.28. The van der Waals surface area contributed by atoms with Crippen molar-refractivity contribution in [2.24, 2.45) is 0 Å². The summed E-state index contributed by atoms with van der Waals surface area (Å²) in [5.41, 5.74) is 0.918. The van der Waals surface area contributed by atoms with E-state index in [-0.39, 0.29) is 30.6 Å². The Morgan fingerprint density at radius 1 is 0.958 bits per heavy atom. The summed E-state index contributed by atoms with van der Waals surface area (Å²) in [7, 11) is 1.30. The van der Waals surface area contributed by atoms with Crippen LogP contribution in [-0.2, 0) is 25.5 Å². The predicted octanol–water partition coefficient (Wildman–Crippen LogP) is 1.51. The largest absolute Gasteiger partial charge is 0.469 e. The maximum atomic E-state index is 12.3. The van der Waals surface area contributed by atoms with Crippen LogP contribution in [0.4, 0.5) is 0 Å². The number of piperazine rings is 1. The fourth-order valence-electron chi connectivity index (χ4n) is 2.56. The molecular formula is C17H21ClN2O4. The number of carbonyl (C=O) groups is 3. The molecule has 0 radical (unpaired) electrons. The minimum Gasteiger partial charge on any atom is -0.469 e. The van der Waals surface area contributed by atoms with E-state index in [1.54, 1.807) is 21.9 Å². The molecular weight excluding hydrogens is 332 g/mol. The van der Waals surface area contributed by atoms with Gasteiger partial charge in [-0.05, 0) is 17.7 Å². The Hall–Kier alpha value is -2.08. The van der Waals surface area contributed by atoms with Crippen LogP contribution in [0.15, 0.2) is 24.3 Å². The third-order valence-electron chi connectivity index (χ3n) is 4.02. The van der Waals surface area contributed by atoms with Crippen molar-refractivity contribution in [3.8, 4) is 0 Å². The Balaban J connectivity index is 1.77. The first-order valence-electron chi connectivity index (χ1n) is 7.86. The number of methoxy groups -OCH3 is 1. The van der Waals surface area contributed by atoms with Gasteiger partial charge in [-0.25, -0.2) is 0 Å². The van der Waals surface area contributed by atoms with Crippen molar-refractivity contribution in [2.75, 3.05) is 33.3 Å². The van der Waals surface area contributed by atoms with Crippen LogP contribution in [0.3, 0.4) is 0 Å². The van der Waals surface area contributed by atoms with E-state index in [2.05, 4.69) is 4.74 Å². The maximum absolute atomic E-state index is 12.3. The number of esters is 1. The van der Waals surface area contributed by atoms with Crippen LogP contribution in [0.5, 0.6) is 0 Å². The van der Waals surface area contributed by atoms with Crippen molar-refractivity contribution in [3.63, 3.8) is 0 Å². The average Bonchev–Trinajstić information content (AvgIpc) is 2.61. The number of carbonyl (C=O) groups excluding carboxylic acids is 3. The highest BCUT2D eigenvalue weighted by Crippen LogP contribution is 2.12. The van der Waals surface area contributed by atoms with Gasteiger partial charge in [-0.15, -0.1) is 0 Å². The zero-order chi connectivity index (χ0) is 17.5. The molecule has 1 aromatic carbocycles. The van der Waals surface area contributed by atoms with E-state index >= 15 is 0 Å². The second-order valence-corrected chi connectivity index (χ2v) is 6.08. The fourth-order valence-corrected chi connectivity index (χ4v) is 2.69. The van der Waals surface area contributed by atoms with E-state index in [0.29, 0.717) is 37.6 Å². The Labute approximate surface area is 146 Å². The molecule has 0 N–H and O–H groups in total. The van der Waals surface area contributed by atoms with Gasteiger partial charge in [-0.2, -0.15) is 0 Å². The van der Waals surface area contributed by atoms with Crippen LogP contribution in [-0.4, -0.2) is 60.9 Å². The number of amides is 2. The number of benzene rings is 1. The summed E-state index contributed by atoms with van der Waals surface area (Å²) in [6, 6.07) is 7.21. The second-order valence-electron chi connectivity index (χ2n) is 5.64. The van der Waals surface area contributed by atoms with Gasteiger partial charge in [-0.3, -0.25) is 14.4 Å². The Morgan fingerprint density at radius 2 is 1.50 bits per heavy atom. The molecule has 2 amide bonds. The molecule has 1 aliphatic rings. The molecule has 1 aliphatic heterocycles. The van der Waals surface area contributed by atoms with Gasteiger partial charge in [0.25, 0.3) is 0 Å².